The van der Waals surface area contributed by atoms with Gasteiger partial charge in [0.25, 0.3) is 0 Å². The molecular formula is C17H27ClN2O. The van der Waals surface area contributed by atoms with Crippen molar-refractivity contribution in [3.05, 3.63) is 28.8 Å². The SMILES string of the molecule is CC(C)CNCc1ccc(N2CCOCC2(C)C)c(Cl)c1. The van der Waals surface area contributed by atoms with Crippen molar-refractivity contribution in [1.82, 2.24) is 5.32 Å². The van der Waals surface area contributed by atoms with Gasteiger partial charge in [0, 0.05) is 13.1 Å². The highest BCUT2D eigenvalue weighted by Gasteiger charge is 2.31. The van der Waals surface area contributed by atoms with Gasteiger partial charge in [-0.2, -0.15) is 0 Å². The van der Waals surface area contributed by atoms with Crippen LogP contribution in [0, 0.1) is 5.92 Å². The van der Waals surface area contributed by atoms with Crippen LogP contribution in [-0.4, -0.2) is 31.8 Å². The molecule has 21 heavy (non-hydrogen) atoms. The molecule has 1 heterocycles. The number of rotatable bonds is 5. The van der Waals surface area contributed by atoms with Crippen LogP contribution < -0.4 is 10.2 Å². The van der Waals surface area contributed by atoms with Crippen molar-refractivity contribution in [2.45, 2.75) is 39.8 Å². The number of hydrogen-bond acceptors (Lipinski definition) is 3. The van der Waals surface area contributed by atoms with Crippen LogP contribution >= 0.6 is 11.6 Å². The quantitative estimate of drug-likeness (QED) is 0.897. The second-order valence-corrected chi connectivity index (χ2v) is 7.23. The maximum Gasteiger partial charge on any atom is 0.0694 e. The Bertz CT molecular complexity index is 474. The third-order valence-electron chi connectivity index (χ3n) is 3.83. The summed E-state index contributed by atoms with van der Waals surface area (Å²) in [6.45, 7) is 13.1. The van der Waals surface area contributed by atoms with Gasteiger partial charge in [-0.1, -0.05) is 31.5 Å². The summed E-state index contributed by atoms with van der Waals surface area (Å²) in [6.07, 6.45) is 0. The molecule has 0 spiro atoms. The Morgan fingerprint density at radius 3 is 2.76 bits per heavy atom. The lowest BCUT2D eigenvalue weighted by Crippen LogP contribution is -2.53. The van der Waals surface area contributed by atoms with Crippen molar-refractivity contribution in [2.24, 2.45) is 5.92 Å². The number of ether oxygens (including phenoxy) is 1. The first-order chi connectivity index (χ1) is 9.90. The molecular weight excluding hydrogens is 284 g/mol. The average Bonchev–Trinajstić information content (AvgIpc) is 2.39. The summed E-state index contributed by atoms with van der Waals surface area (Å²) in [5, 5.41) is 4.28. The van der Waals surface area contributed by atoms with Crippen LogP contribution in [0.15, 0.2) is 18.2 Å². The van der Waals surface area contributed by atoms with Gasteiger partial charge in [0.1, 0.15) is 0 Å². The molecule has 1 saturated heterocycles. The Morgan fingerprint density at radius 1 is 1.38 bits per heavy atom. The molecule has 1 fully saturated rings. The van der Waals surface area contributed by atoms with Crippen LogP contribution in [0.5, 0.6) is 0 Å². The van der Waals surface area contributed by atoms with Gasteiger partial charge in [-0.25, -0.2) is 0 Å². The molecule has 118 valence electrons. The molecule has 1 aromatic rings. The number of hydrogen-bond donors (Lipinski definition) is 1. The smallest absolute Gasteiger partial charge is 0.0694 e. The van der Waals surface area contributed by atoms with Crippen LogP contribution in [-0.2, 0) is 11.3 Å². The fourth-order valence-electron chi connectivity index (χ4n) is 2.69. The van der Waals surface area contributed by atoms with Gasteiger partial charge in [-0.3, -0.25) is 0 Å². The minimum Gasteiger partial charge on any atom is -0.377 e. The monoisotopic (exact) mass is 310 g/mol. The molecule has 4 heteroatoms. The Kier molecular flexibility index (Phi) is 5.53. The molecule has 0 aliphatic carbocycles. The van der Waals surface area contributed by atoms with E-state index in [1.165, 1.54) is 5.56 Å². The number of nitrogens with zero attached hydrogens (tertiary/aromatic N) is 1. The molecule has 0 atom stereocenters. The molecule has 0 unspecified atom stereocenters. The Hall–Kier alpha value is -0.770. The minimum atomic E-state index is -0.0146. The van der Waals surface area contributed by atoms with E-state index < -0.39 is 0 Å². The fraction of sp³-hybridized carbons (Fsp3) is 0.647. The Labute approximate surface area is 133 Å². The first-order valence-corrected chi connectivity index (χ1v) is 8.12. The molecule has 1 aliphatic rings. The van der Waals surface area contributed by atoms with Crippen LogP contribution in [0.25, 0.3) is 0 Å². The Balaban J connectivity index is 2.08. The van der Waals surface area contributed by atoms with E-state index in [0.717, 1.165) is 43.6 Å². The molecule has 0 bridgehead atoms. The zero-order valence-corrected chi connectivity index (χ0v) is 14.3. The molecule has 3 nitrogen and oxygen atoms in total. The summed E-state index contributed by atoms with van der Waals surface area (Å²) < 4.78 is 5.58. The predicted molar refractivity (Wildman–Crippen MR) is 90.2 cm³/mol. The number of nitrogens with one attached hydrogen (secondary N) is 1. The number of morpholine rings is 1. The van der Waals surface area contributed by atoms with Crippen molar-refractivity contribution < 1.29 is 4.74 Å². The summed E-state index contributed by atoms with van der Waals surface area (Å²) in [6, 6.07) is 6.39. The van der Waals surface area contributed by atoms with Crippen molar-refractivity contribution >= 4 is 17.3 Å². The zero-order valence-electron chi connectivity index (χ0n) is 13.6. The van der Waals surface area contributed by atoms with E-state index in [1.807, 2.05) is 0 Å². The highest BCUT2D eigenvalue weighted by molar-refractivity contribution is 6.33. The van der Waals surface area contributed by atoms with Crippen molar-refractivity contribution in [1.29, 1.82) is 0 Å². The first-order valence-electron chi connectivity index (χ1n) is 7.74. The molecule has 1 aliphatic heterocycles. The topological polar surface area (TPSA) is 24.5 Å². The average molecular weight is 311 g/mol. The van der Waals surface area contributed by atoms with Crippen LogP contribution in [0.3, 0.4) is 0 Å². The summed E-state index contributed by atoms with van der Waals surface area (Å²) in [5.41, 5.74) is 2.33. The van der Waals surface area contributed by atoms with E-state index >= 15 is 0 Å². The number of anilines is 1. The van der Waals surface area contributed by atoms with Crippen molar-refractivity contribution in [2.75, 3.05) is 31.2 Å². The fourth-order valence-corrected chi connectivity index (χ4v) is 2.99. The van der Waals surface area contributed by atoms with Crippen molar-refractivity contribution in [3.8, 4) is 0 Å². The zero-order chi connectivity index (χ0) is 15.5. The highest BCUT2D eigenvalue weighted by Crippen LogP contribution is 2.33. The van der Waals surface area contributed by atoms with Gasteiger partial charge >= 0.3 is 0 Å². The molecule has 0 amide bonds. The third kappa shape index (κ3) is 4.35. The molecule has 1 aromatic carbocycles. The standard InChI is InChI=1S/C17H27ClN2O/c1-13(2)10-19-11-14-5-6-16(15(18)9-14)20-7-8-21-12-17(20,3)4/h5-6,9,13,19H,7-8,10-12H2,1-4H3. The van der Waals surface area contributed by atoms with Crippen LogP contribution in [0.2, 0.25) is 5.02 Å². The largest absolute Gasteiger partial charge is 0.377 e. The lowest BCUT2D eigenvalue weighted by Gasteiger charge is -2.44. The van der Waals surface area contributed by atoms with E-state index in [-0.39, 0.29) is 5.54 Å². The molecule has 1 N–H and O–H groups in total. The minimum absolute atomic E-state index is 0.0146. The lowest BCUT2D eigenvalue weighted by molar-refractivity contribution is 0.0644. The van der Waals surface area contributed by atoms with E-state index in [1.54, 1.807) is 0 Å². The third-order valence-corrected chi connectivity index (χ3v) is 4.13. The summed E-state index contributed by atoms with van der Waals surface area (Å²) >= 11 is 6.52. The van der Waals surface area contributed by atoms with E-state index in [2.05, 4.69) is 56.1 Å². The van der Waals surface area contributed by atoms with Crippen LogP contribution in [0.4, 0.5) is 5.69 Å². The van der Waals surface area contributed by atoms with Gasteiger partial charge < -0.3 is 15.0 Å². The number of benzene rings is 1. The molecule has 0 aromatic heterocycles. The Morgan fingerprint density at radius 2 is 2.14 bits per heavy atom. The summed E-state index contributed by atoms with van der Waals surface area (Å²) in [7, 11) is 0. The van der Waals surface area contributed by atoms with E-state index in [0.29, 0.717) is 5.92 Å². The molecule has 0 radical (unpaired) electrons. The first kappa shape index (κ1) is 16.6. The normalized spacial score (nSPS) is 18.3. The second kappa shape index (κ2) is 6.99. The van der Waals surface area contributed by atoms with Gasteiger partial charge in [0.15, 0.2) is 0 Å². The second-order valence-electron chi connectivity index (χ2n) is 6.83. The van der Waals surface area contributed by atoms with Gasteiger partial charge in [-0.05, 0) is 44.0 Å². The van der Waals surface area contributed by atoms with E-state index in [9.17, 15) is 0 Å². The maximum atomic E-state index is 6.52. The molecule has 0 saturated carbocycles. The van der Waals surface area contributed by atoms with Gasteiger partial charge in [0.2, 0.25) is 0 Å². The van der Waals surface area contributed by atoms with Gasteiger partial charge in [0.05, 0.1) is 29.5 Å². The molecule has 2 rings (SSSR count). The van der Waals surface area contributed by atoms with Crippen molar-refractivity contribution in [3.63, 3.8) is 0 Å². The summed E-state index contributed by atoms with van der Waals surface area (Å²) in [4.78, 5) is 2.35. The van der Waals surface area contributed by atoms with Gasteiger partial charge in [-0.15, -0.1) is 0 Å². The van der Waals surface area contributed by atoms with E-state index in [4.69, 9.17) is 16.3 Å². The predicted octanol–water partition coefficient (Wildman–Crippen LogP) is 3.70. The van der Waals surface area contributed by atoms with Crippen LogP contribution in [0.1, 0.15) is 33.3 Å². The highest BCUT2D eigenvalue weighted by atomic mass is 35.5. The maximum absolute atomic E-state index is 6.52. The summed E-state index contributed by atoms with van der Waals surface area (Å²) in [5.74, 6) is 0.661. The number of halogens is 1. The lowest BCUT2D eigenvalue weighted by atomic mass is 10.0.